The van der Waals surface area contributed by atoms with Crippen molar-refractivity contribution in [2.75, 3.05) is 0 Å². The van der Waals surface area contributed by atoms with Gasteiger partial charge in [-0.25, -0.2) is 4.98 Å². The molecular formula is C21H17N3O4. The number of nitrogens with zero attached hydrogens (tertiary/aromatic N) is 2. The summed E-state index contributed by atoms with van der Waals surface area (Å²) in [4.78, 5) is 16.6. The van der Waals surface area contributed by atoms with Crippen LogP contribution in [0.15, 0.2) is 51.8 Å². The van der Waals surface area contributed by atoms with E-state index in [9.17, 15) is 15.0 Å². The number of aromatic amines is 1. The van der Waals surface area contributed by atoms with Gasteiger partial charge in [-0.05, 0) is 43.7 Å². The first-order valence-corrected chi connectivity index (χ1v) is 8.92. The van der Waals surface area contributed by atoms with Crippen molar-refractivity contribution in [1.82, 2.24) is 14.8 Å². The Labute approximate surface area is 158 Å². The maximum Gasteiger partial charge on any atom is 0.182 e. The molecule has 0 aliphatic heterocycles. The summed E-state index contributed by atoms with van der Waals surface area (Å²) in [6.45, 7) is 4.09. The Morgan fingerprint density at radius 1 is 1.07 bits per heavy atom. The molecule has 5 rings (SSSR count). The third-order valence-electron chi connectivity index (χ3n) is 4.95. The van der Waals surface area contributed by atoms with E-state index in [0.717, 1.165) is 22.0 Å². The first-order valence-electron chi connectivity index (χ1n) is 8.92. The average Bonchev–Trinajstić information content (AvgIpc) is 3.22. The Kier molecular flexibility index (Phi) is 3.30. The lowest BCUT2D eigenvalue weighted by atomic mass is 10.0. The SMILES string of the molecule is CC(C)n1[nH]cc2c(-c3ccc(O)c(O)c3)c3oc4cc(=O)ccc4c3nc21. The summed E-state index contributed by atoms with van der Waals surface area (Å²) in [5.41, 5.74) is 3.62. The van der Waals surface area contributed by atoms with Gasteiger partial charge in [0, 0.05) is 34.6 Å². The van der Waals surface area contributed by atoms with E-state index in [1.165, 1.54) is 24.3 Å². The summed E-state index contributed by atoms with van der Waals surface area (Å²) in [5, 5.41) is 24.5. The van der Waals surface area contributed by atoms with E-state index in [2.05, 4.69) is 5.10 Å². The van der Waals surface area contributed by atoms with E-state index < -0.39 is 0 Å². The molecule has 0 aliphatic carbocycles. The first kappa shape index (κ1) is 16.4. The zero-order valence-corrected chi connectivity index (χ0v) is 15.2. The lowest BCUT2D eigenvalue weighted by Crippen LogP contribution is -2.03. The molecule has 0 aliphatic rings. The van der Waals surface area contributed by atoms with Crippen molar-refractivity contribution >= 4 is 33.1 Å². The van der Waals surface area contributed by atoms with E-state index in [4.69, 9.17) is 9.40 Å². The van der Waals surface area contributed by atoms with E-state index in [0.29, 0.717) is 22.2 Å². The molecule has 7 nitrogen and oxygen atoms in total. The molecule has 28 heavy (non-hydrogen) atoms. The second-order valence-corrected chi connectivity index (χ2v) is 7.10. The maximum atomic E-state index is 11.8. The van der Waals surface area contributed by atoms with Crippen LogP contribution in [0.1, 0.15) is 19.9 Å². The summed E-state index contributed by atoms with van der Waals surface area (Å²) in [6.07, 6.45) is 1.84. The molecule has 0 saturated carbocycles. The number of phenolic OH excluding ortho intramolecular Hbond substituents is 2. The number of aromatic hydroxyl groups is 2. The Morgan fingerprint density at radius 3 is 2.64 bits per heavy atom. The van der Waals surface area contributed by atoms with Crippen molar-refractivity contribution in [3.8, 4) is 22.6 Å². The van der Waals surface area contributed by atoms with Crippen molar-refractivity contribution in [2.24, 2.45) is 0 Å². The van der Waals surface area contributed by atoms with Gasteiger partial charge in [0.2, 0.25) is 0 Å². The van der Waals surface area contributed by atoms with Gasteiger partial charge >= 0.3 is 0 Å². The van der Waals surface area contributed by atoms with Crippen molar-refractivity contribution < 1.29 is 14.6 Å². The number of H-pyrrole nitrogens is 1. The number of phenols is 2. The van der Waals surface area contributed by atoms with Gasteiger partial charge in [-0.2, -0.15) is 0 Å². The number of pyridine rings is 1. The van der Waals surface area contributed by atoms with Crippen LogP contribution in [0.4, 0.5) is 0 Å². The third kappa shape index (κ3) is 2.22. The second-order valence-electron chi connectivity index (χ2n) is 7.10. The highest BCUT2D eigenvalue weighted by atomic mass is 16.3. The van der Waals surface area contributed by atoms with Crippen LogP contribution in [0.25, 0.3) is 44.2 Å². The van der Waals surface area contributed by atoms with Gasteiger partial charge in [-0.1, -0.05) is 6.07 Å². The van der Waals surface area contributed by atoms with Crippen molar-refractivity contribution in [2.45, 2.75) is 19.9 Å². The Bertz CT molecular complexity index is 1440. The number of aromatic nitrogens is 3. The molecule has 5 aromatic rings. The standard InChI is InChI=1S/C21H17N3O4/c1-10(2)24-21-14(9-22-24)18(11-3-6-15(26)16(27)7-11)20-19(23-21)13-5-4-12(25)8-17(13)28-20/h3-10,22,26-27H,1-2H3. The molecule has 3 aromatic heterocycles. The van der Waals surface area contributed by atoms with Crippen LogP contribution < -0.4 is 5.43 Å². The van der Waals surface area contributed by atoms with Crippen molar-refractivity contribution in [3.05, 3.63) is 52.8 Å². The zero-order chi connectivity index (χ0) is 19.6. The Balaban J connectivity index is 2.00. The molecule has 7 heteroatoms. The van der Waals surface area contributed by atoms with Crippen LogP contribution >= 0.6 is 0 Å². The Hall–Kier alpha value is -3.74. The molecule has 0 amide bonds. The number of fused-ring (bicyclic) bond motifs is 4. The summed E-state index contributed by atoms with van der Waals surface area (Å²) in [7, 11) is 0. The largest absolute Gasteiger partial charge is 0.504 e. The van der Waals surface area contributed by atoms with Gasteiger partial charge in [0.1, 0.15) is 11.1 Å². The highest BCUT2D eigenvalue weighted by Gasteiger charge is 2.21. The van der Waals surface area contributed by atoms with Crippen LogP contribution in [-0.2, 0) is 0 Å². The normalized spacial score (nSPS) is 12.0. The van der Waals surface area contributed by atoms with E-state index in [1.54, 1.807) is 12.1 Å². The molecule has 3 N–H and O–H groups in total. The molecular weight excluding hydrogens is 358 g/mol. The van der Waals surface area contributed by atoms with E-state index in [-0.39, 0.29) is 23.0 Å². The topological polar surface area (TPSA) is 104 Å². The Morgan fingerprint density at radius 2 is 1.89 bits per heavy atom. The highest BCUT2D eigenvalue weighted by molar-refractivity contribution is 6.14. The number of nitrogens with one attached hydrogen (secondary N) is 1. The molecule has 0 bridgehead atoms. The first-order chi connectivity index (χ1) is 13.4. The highest BCUT2D eigenvalue weighted by Crippen LogP contribution is 2.41. The summed E-state index contributed by atoms with van der Waals surface area (Å²) >= 11 is 0. The quantitative estimate of drug-likeness (QED) is 0.399. The summed E-state index contributed by atoms with van der Waals surface area (Å²) in [5.74, 6) is -0.418. The molecule has 0 fully saturated rings. The van der Waals surface area contributed by atoms with Gasteiger partial charge in [-0.3, -0.25) is 9.48 Å². The fourth-order valence-corrected chi connectivity index (χ4v) is 3.62. The fraction of sp³-hybridized carbons (Fsp3) is 0.143. The number of hydrogen-bond donors (Lipinski definition) is 3. The summed E-state index contributed by atoms with van der Waals surface area (Å²) < 4.78 is 7.98. The van der Waals surface area contributed by atoms with Gasteiger partial charge in [-0.15, -0.1) is 0 Å². The van der Waals surface area contributed by atoms with Gasteiger partial charge in [0.25, 0.3) is 0 Å². The maximum absolute atomic E-state index is 11.8. The lowest BCUT2D eigenvalue weighted by molar-refractivity contribution is 0.404. The number of hydrogen-bond acceptors (Lipinski definition) is 5. The molecule has 0 spiro atoms. The molecule has 2 aromatic carbocycles. The molecule has 140 valence electrons. The van der Waals surface area contributed by atoms with Crippen molar-refractivity contribution in [1.29, 1.82) is 0 Å². The van der Waals surface area contributed by atoms with E-state index >= 15 is 0 Å². The molecule has 0 saturated heterocycles. The molecule has 0 unspecified atom stereocenters. The van der Waals surface area contributed by atoms with Gasteiger partial charge in [0.05, 0.1) is 0 Å². The van der Waals surface area contributed by atoms with Crippen LogP contribution in [0.2, 0.25) is 0 Å². The minimum absolute atomic E-state index is 0.139. The predicted octanol–water partition coefficient (Wildman–Crippen LogP) is 4.28. The minimum atomic E-state index is -0.221. The molecule has 3 heterocycles. The van der Waals surface area contributed by atoms with Crippen LogP contribution in [0.5, 0.6) is 11.5 Å². The van der Waals surface area contributed by atoms with Gasteiger partial charge in [0.15, 0.2) is 28.2 Å². The average molecular weight is 375 g/mol. The van der Waals surface area contributed by atoms with Crippen molar-refractivity contribution in [3.63, 3.8) is 0 Å². The number of benzene rings is 2. The lowest BCUT2D eigenvalue weighted by Gasteiger charge is -2.10. The smallest absolute Gasteiger partial charge is 0.182 e. The van der Waals surface area contributed by atoms with Crippen LogP contribution in [0.3, 0.4) is 0 Å². The predicted molar refractivity (Wildman–Crippen MR) is 107 cm³/mol. The zero-order valence-electron chi connectivity index (χ0n) is 15.2. The molecule has 0 radical (unpaired) electrons. The van der Waals surface area contributed by atoms with Crippen LogP contribution in [-0.4, -0.2) is 25.0 Å². The number of furan rings is 1. The third-order valence-corrected chi connectivity index (χ3v) is 4.95. The molecule has 0 atom stereocenters. The monoisotopic (exact) mass is 375 g/mol. The van der Waals surface area contributed by atoms with Gasteiger partial charge < -0.3 is 19.7 Å². The van der Waals surface area contributed by atoms with Crippen LogP contribution in [0, 0.1) is 0 Å². The number of rotatable bonds is 2. The minimum Gasteiger partial charge on any atom is -0.504 e. The second kappa shape index (κ2) is 5.63. The van der Waals surface area contributed by atoms with E-state index in [1.807, 2.05) is 24.7 Å². The summed E-state index contributed by atoms with van der Waals surface area (Å²) in [6, 6.07) is 9.43. The fourth-order valence-electron chi connectivity index (χ4n) is 3.62.